The van der Waals surface area contributed by atoms with Crippen molar-refractivity contribution in [1.29, 1.82) is 0 Å². The monoisotopic (exact) mass is 277 g/mol. The largest absolute Gasteiger partial charge is 0.573 e. The predicted molar refractivity (Wildman–Crippen MR) is 62.8 cm³/mol. The van der Waals surface area contributed by atoms with E-state index in [0.717, 1.165) is 6.07 Å². The lowest BCUT2D eigenvalue weighted by Crippen LogP contribution is -2.28. The maximum absolute atomic E-state index is 12.0. The molecule has 0 bridgehead atoms. The van der Waals surface area contributed by atoms with Gasteiger partial charge in [-0.05, 0) is 26.0 Å². The zero-order chi connectivity index (χ0) is 14.5. The van der Waals surface area contributed by atoms with E-state index in [1.807, 2.05) is 0 Å². The van der Waals surface area contributed by atoms with Crippen LogP contribution in [-0.4, -0.2) is 25.0 Å². The molecule has 0 heterocycles. The van der Waals surface area contributed by atoms with Crippen molar-refractivity contribution in [3.05, 3.63) is 24.3 Å². The number of alkyl halides is 3. The SMILES string of the molecule is CCOC(=O)C(C)Nc1cccc(OC(F)(F)F)c1. The normalized spacial score (nSPS) is 12.7. The average Bonchev–Trinajstić information content (AvgIpc) is 2.27. The molecule has 1 aromatic carbocycles. The van der Waals surface area contributed by atoms with Gasteiger partial charge in [0.25, 0.3) is 0 Å². The Hall–Kier alpha value is -1.92. The number of esters is 1. The molecule has 0 radical (unpaired) electrons. The molecule has 7 heteroatoms. The van der Waals surface area contributed by atoms with Crippen molar-refractivity contribution >= 4 is 11.7 Å². The first kappa shape index (κ1) is 15.1. The van der Waals surface area contributed by atoms with Crippen molar-refractivity contribution in [2.45, 2.75) is 26.3 Å². The maximum Gasteiger partial charge on any atom is 0.573 e. The highest BCUT2D eigenvalue weighted by Gasteiger charge is 2.31. The fourth-order valence-corrected chi connectivity index (χ4v) is 1.36. The lowest BCUT2D eigenvalue weighted by molar-refractivity contribution is -0.274. The molecule has 106 valence electrons. The molecule has 4 nitrogen and oxygen atoms in total. The summed E-state index contributed by atoms with van der Waals surface area (Å²) in [6.07, 6.45) is -4.74. The van der Waals surface area contributed by atoms with Crippen molar-refractivity contribution in [1.82, 2.24) is 0 Å². The Labute approximate surface area is 108 Å². The summed E-state index contributed by atoms with van der Waals surface area (Å²) < 4.78 is 44.7. The summed E-state index contributed by atoms with van der Waals surface area (Å²) in [5.41, 5.74) is 0.335. The number of carbonyl (C=O) groups excluding carboxylic acids is 1. The molecule has 0 amide bonds. The number of halogens is 3. The van der Waals surface area contributed by atoms with Gasteiger partial charge in [-0.2, -0.15) is 0 Å². The highest BCUT2D eigenvalue weighted by Crippen LogP contribution is 2.25. The summed E-state index contributed by atoms with van der Waals surface area (Å²) in [4.78, 5) is 11.4. The van der Waals surface area contributed by atoms with Crippen molar-refractivity contribution in [3.8, 4) is 5.75 Å². The molecule has 1 aromatic rings. The number of carbonyl (C=O) groups is 1. The lowest BCUT2D eigenvalue weighted by atomic mass is 10.2. The Morgan fingerprint density at radius 3 is 2.68 bits per heavy atom. The van der Waals surface area contributed by atoms with E-state index in [-0.39, 0.29) is 12.4 Å². The van der Waals surface area contributed by atoms with Crippen LogP contribution in [0.1, 0.15) is 13.8 Å². The first-order chi connectivity index (χ1) is 8.81. The maximum atomic E-state index is 12.0. The molecule has 0 saturated heterocycles. The zero-order valence-corrected chi connectivity index (χ0v) is 10.5. The van der Waals surface area contributed by atoms with Gasteiger partial charge in [-0.1, -0.05) is 6.07 Å². The molecule has 0 aliphatic carbocycles. The van der Waals surface area contributed by atoms with Gasteiger partial charge in [0, 0.05) is 11.8 Å². The molecule has 1 unspecified atom stereocenters. The molecule has 1 rings (SSSR count). The minimum Gasteiger partial charge on any atom is -0.464 e. The second-order valence-electron chi connectivity index (χ2n) is 3.69. The number of rotatable bonds is 5. The second-order valence-corrected chi connectivity index (χ2v) is 3.69. The molecule has 0 aliphatic rings. The zero-order valence-electron chi connectivity index (χ0n) is 10.5. The number of hydrogen-bond acceptors (Lipinski definition) is 4. The molecule has 0 saturated carbocycles. The van der Waals surface area contributed by atoms with E-state index in [2.05, 4.69) is 10.1 Å². The van der Waals surface area contributed by atoms with Crippen LogP contribution in [0.3, 0.4) is 0 Å². The van der Waals surface area contributed by atoms with Crippen molar-refractivity contribution in [3.63, 3.8) is 0 Å². The smallest absolute Gasteiger partial charge is 0.464 e. The molecule has 1 atom stereocenters. The van der Waals surface area contributed by atoms with E-state index < -0.39 is 18.4 Å². The molecule has 19 heavy (non-hydrogen) atoms. The molecule has 0 fully saturated rings. The van der Waals surface area contributed by atoms with Gasteiger partial charge in [0.2, 0.25) is 0 Å². The van der Waals surface area contributed by atoms with Crippen LogP contribution in [0.15, 0.2) is 24.3 Å². The number of nitrogens with one attached hydrogen (secondary N) is 1. The molecular weight excluding hydrogens is 263 g/mol. The standard InChI is InChI=1S/C12H14F3NO3/c1-3-18-11(17)8(2)16-9-5-4-6-10(7-9)19-12(13,14)15/h4-8,16H,3H2,1-2H3. The van der Waals surface area contributed by atoms with Gasteiger partial charge in [-0.15, -0.1) is 13.2 Å². The van der Waals surface area contributed by atoms with Crippen molar-refractivity contribution in [2.24, 2.45) is 0 Å². The molecular formula is C12H14F3NO3. The van der Waals surface area contributed by atoms with E-state index in [4.69, 9.17) is 4.74 Å². The van der Waals surface area contributed by atoms with Crippen molar-refractivity contribution < 1.29 is 27.4 Å². The third-order valence-corrected chi connectivity index (χ3v) is 2.09. The van der Waals surface area contributed by atoms with E-state index in [1.165, 1.54) is 18.2 Å². The summed E-state index contributed by atoms with van der Waals surface area (Å²) in [6.45, 7) is 3.46. The average molecular weight is 277 g/mol. The summed E-state index contributed by atoms with van der Waals surface area (Å²) in [6, 6.07) is 4.58. The van der Waals surface area contributed by atoms with Gasteiger partial charge in [-0.25, -0.2) is 4.79 Å². The first-order valence-electron chi connectivity index (χ1n) is 5.61. The summed E-state index contributed by atoms with van der Waals surface area (Å²) in [7, 11) is 0. The first-order valence-corrected chi connectivity index (χ1v) is 5.61. The Kier molecular flexibility index (Phi) is 5.02. The minimum absolute atomic E-state index is 0.238. The topological polar surface area (TPSA) is 47.6 Å². The lowest BCUT2D eigenvalue weighted by Gasteiger charge is -2.15. The molecule has 1 N–H and O–H groups in total. The van der Waals surface area contributed by atoms with E-state index in [9.17, 15) is 18.0 Å². The summed E-state index contributed by atoms with van der Waals surface area (Å²) in [5.74, 6) is -0.835. The number of anilines is 1. The molecule has 0 aromatic heterocycles. The van der Waals surface area contributed by atoms with E-state index in [0.29, 0.717) is 5.69 Å². The minimum atomic E-state index is -4.74. The predicted octanol–water partition coefficient (Wildman–Crippen LogP) is 2.95. The van der Waals surface area contributed by atoms with Crippen LogP contribution in [0.4, 0.5) is 18.9 Å². The van der Waals surface area contributed by atoms with Crippen LogP contribution in [0.5, 0.6) is 5.75 Å². The van der Waals surface area contributed by atoms with Crippen molar-refractivity contribution in [2.75, 3.05) is 11.9 Å². The van der Waals surface area contributed by atoms with E-state index in [1.54, 1.807) is 13.8 Å². The van der Waals surface area contributed by atoms with Gasteiger partial charge in [0.1, 0.15) is 11.8 Å². The van der Waals surface area contributed by atoms with Gasteiger partial charge < -0.3 is 14.8 Å². The van der Waals surface area contributed by atoms with Crippen LogP contribution in [-0.2, 0) is 9.53 Å². The van der Waals surface area contributed by atoms with Gasteiger partial charge >= 0.3 is 12.3 Å². The number of ether oxygens (including phenoxy) is 2. The Balaban J connectivity index is 2.69. The van der Waals surface area contributed by atoms with Crippen LogP contribution >= 0.6 is 0 Å². The third-order valence-electron chi connectivity index (χ3n) is 2.09. The van der Waals surface area contributed by atoms with Gasteiger partial charge in [0.05, 0.1) is 6.61 Å². The third kappa shape index (κ3) is 5.50. The highest BCUT2D eigenvalue weighted by molar-refractivity contribution is 5.78. The summed E-state index contributed by atoms with van der Waals surface area (Å²) >= 11 is 0. The van der Waals surface area contributed by atoms with Crippen LogP contribution in [0.2, 0.25) is 0 Å². The van der Waals surface area contributed by atoms with Gasteiger partial charge in [-0.3, -0.25) is 0 Å². The number of hydrogen-bond donors (Lipinski definition) is 1. The van der Waals surface area contributed by atoms with Crippen LogP contribution in [0, 0.1) is 0 Å². The fourth-order valence-electron chi connectivity index (χ4n) is 1.36. The quantitative estimate of drug-likeness (QED) is 0.841. The van der Waals surface area contributed by atoms with Crippen LogP contribution < -0.4 is 10.1 Å². The van der Waals surface area contributed by atoms with E-state index >= 15 is 0 Å². The molecule has 0 aliphatic heterocycles. The number of benzene rings is 1. The van der Waals surface area contributed by atoms with Crippen LogP contribution in [0.25, 0.3) is 0 Å². The second kappa shape index (κ2) is 6.31. The fraction of sp³-hybridized carbons (Fsp3) is 0.417. The highest BCUT2D eigenvalue weighted by atomic mass is 19.4. The van der Waals surface area contributed by atoms with Gasteiger partial charge in [0.15, 0.2) is 0 Å². The Bertz CT molecular complexity index is 434. The Morgan fingerprint density at radius 2 is 2.11 bits per heavy atom. The molecule has 0 spiro atoms. The summed E-state index contributed by atoms with van der Waals surface area (Å²) in [5, 5.41) is 2.73. The Morgan fingerprint density at radius 1 is 1.42 bits per heavy atom.